The molecule has 186 valence electrons. The minimum Gasteiger partial charge on any atom is -0.328 e. The van der Waals surface area contributed by atoms with Crippen LogP contribution in [0.1, 0.15) is 67.7 Å². The second-order valence-electron chi connectivity index (χ2n) is 10.6. The van der Waals surface area contributed by atoms with Gasteiger partial charge in [-0.1, -0.05) is 14.4 Å². The van der Waals surface area contributed by atoms with E-state index in [-0.39, 0.29) is 18.4 Å². The Morgan fingerprint density at radius 2 is 1.03 bits per heavy atom. The molecule has 0 aromatic carbocycles. The van der Waals surface area contributed by atoms with Crippen LogP contribution in [0.25, 0.3) is 0 Å². The number of hydrogen-bond acceptors (Lipinski definition) is 9. The van der Waals surface area contributed by atoms with Crippen molar-refractivity contribution in [2.75, 3.05) is 33.0 Å². The number of ether oxygens (including phenoxy) is 9. The fourth-order valence-corrected chi connectivity index (χ4v) is 5.05. The van der Waals surface area contributed by atoms with Gasteiger partial charge in [-0.15, -0.1) is 0 Å². The maximum absolute atomic E-state index is 5.57. The molecule has 2 atom stereocenters. The Morgan fingerprint density at radius 1 is 0.562 bits per heavy atom. The van der Waals surface area contributed by atoms with Crippen LogP contribution in [0.15, 0.2) is 0 Å². The van der Waals surface area contributed by atoms with Crippen LogP contribution in [0, 0.1) is 5.41 Å². The molecular weight excluding hydrogens is 420 g/mol. The highest BCUT2D eigenvalue weighted by molar-refractivity contribution is 4.90. The van der Waals surface area contributed by atoms with Gasteiger partial charge in [0.15, 0.2) is 0 Å². The molecule has 8 bridgehead atoms. The molecule has 32 heavy (non-hydrogen) atoms. The van der Waals surface area contributed by atoms with E-state index in [0.29, 0.717) is 24.9 Å². The summed E-state index contributed by atoms with van der Waals surface area (Å²) in [6.45, 7) is 13.3. The quantitative estimate of drug-likeness (QED) is 0.541. The normalized spacial score (nSPS) is 54.1. The molecule has 0 radical (unpaired) electrons. The summed E-state index contributed by atoms with van der Waals surface area (Å²) in [4.78, 5) is 0. The van der Waals surface area contributed by atoms with E-state index in [9.17, 15) is 0 Å². The third kappa shape index (κ3) is 5.16. The van der Waals surface area contributed by atoms with Crippen molar-refractivity contribution < 1.29 is 42.6 Å². The van der Waals surface area contributed by atoms with Crippen molar-refractivity contribution in [2.24, 2.45) is 5.41 Å². The van der Waals surface area contributed by atoms with Gasteiger partial charge in [0.25, 0.3) is 17.9 Å². The van der Waals surface area contributed by atoms with Crippen LogP contribution >= 0.6 is 0 Å². The zero-order valence-corrected chi connectivity index (χ0v) is 19.3. The highest BCUT2D eigenvalue weighted by atomic mass is 16.9. The molecule has 9 heteroatoms. The number of fused-ring (bicyclic) bond motifs is 5. The van der Waals surface area contributed by atoms with Gasteiger partial charge in [-0.3, -0.25) is 0 Å². The van der Waals surface area contributed by atoms with Gasteiger partial charge in [-0.05, 0) is 6.92 Å². The molecule has 9 rings (SSSR count). The molecule has 8 saturated heterocycles. The first-order chi connectivity index (χ1) is 14.5. The van der Waals surface area contributed by atoms with Gasteiger partial charge in [-0.25, -0.2) is 0 Å². The lowest BCUT2D eigenvalue weighted by molar-refractivity contribution is -0.485. The van der Waals surface area contributed by atoms with Crippen molar-refractivity contribution in [3.8, 4) is 0 Å². The van der Waals surface area contributed by atoms with Gasteiger partial charge < -0.3 is 42.6 Å². The van der Waals surface area contributed by atoms with Gasteiger partial charge in [-0.2, -0.15) is 0 Å². The monoisotopic (exact) mass is 460 g/mol. The highest BCUT2D eigenvalue weighted by Gasteiger charge is 2.52. The zero-order valence-electron chi connectivity index (χ0n) is 19.3. The fraction of sp³-hybridized carbons (Fsp3) is 1.00. The van der Waals surface area contributed by atoms with E-state index in [1.807, 2.05) is 20.8 Å². The summed E-state index contributed by atoms with van der Waals surface area (Å²) in [6.07, 6.45) is 5.31. The maximum atomic E-state index is 5.57. The summed E-state index contributed by atoms with van der Waals surface area (Å²) in [7, 11) is 0. The van der Waals surface area contributed by atoms with Gasteiger partial charge in [0.2, 0.25) is 0 Å². The Morgan fingerprint density at radius 3 is 1.41 bits per heavy atom. The third-order valence-electron chi connectivity index (χ3n) is 6.83. The van der Waals surface area contributed by atoms with E-state index in [1.165, 1.54) is 0 Å². The lowest BCUT2D eigenvalue weighted by atomic mass is 9.89. The summed E-state index contributed by atoms with van der Waals surface area (Å²) >= 11 is 0. The van der Waals surface area contributed by atoms with E-state index >= 15 is 0 Å². The number of rotatable bonds is 0. The molecule has 9 aliphatic rings. The van der Waals surface area contributed by atoms with Crippen molar-refractivity contribution in [3.63, 3.8) is 0 Å². The van der Waals surface area contributed by atoms with Crippen LogP contribution in [-0.4, -0.2) is 74.9 Å². The van der Waals surface area contributed by atoms with E-state index in [2.05, 4.69) is 13.8 Å². The average Bonchev–Trinajstić information content (AvgIpc) is 2.89. The smallest absolute Gasteiger partial charge is 0.280 e. The molecule has 8 aliphatic heterocycles. The Bertz CT molecular complexity index is 591. The molecule has 8 heterocycles. The van der Waals surface area contributed by atoms with Crippen LogP contribution < -0.4 is 0 Å². The molecule has 2 unspecified atom stereocenters. The van der Waals surface area contributed by atoms with Crippen molar-refractivity contribution in [1.29, 1.82) is 0 Å². The Labute approximate surface area is 191 Å². The molecular formula is C23H40O9. The minimum absolute atomic E-state index is 0. The van der Waals surface area contributed by atoms with Gasteiger partial charge in [0.1, 0.15) is 0 Å². The summed E-state index contributed by atoms with van der Waals surface area (Å²) in [5, 5.41) is 0. The minimum atomic E-state index is -0.743. The van der Waals surface area contributed by atoms with E-state index in [1.54, 1.807) is 0 Å². The molecule has 0 N–H and O–H groups in total. The summed E-state index contributed by atoms with van der Waals surface area (Å²) < 4.78 is 48.8. The molecule has 1 aliphatic carbocycles. The average molecular weight is 461 g/mol. The van der Waals surface area contributed by atoms with Gasteiger partial charge >= 0.3 is 0 Å². The predicted octanol–water partition coefficient (Wildman–Crippen LogP) is 3.29. The summed E-state index contributed by atoms with van der Waals surface area (Å²) in [6, 6.07) is 0. The fourth-order valence-electron chi connectivity index (χ4n) is 5.05. The van der Waals surface area contributed by atoms with E-state index in [0.717, 1.165) is 52.1 Å². The third-order valence-corrected chi connectivity index (χ3v) is 6.83. The highest BCUT2D eigenvalue weighted by Crippen LogP contribution is 2.44. The molecule has 1 saturated carbocycles. The number of hydrogen-bond donors (Lipinski definition) is 0. The Kier molecular flexibility index (Phi) is 6.49. The first kappa shape index (κ1) is 24.8. The SMILES string of the molecule is C.CC12CCOC(C)(OC1)O2.CC12COC(C)(OC1)OC2.CC12OC3CC(CC(C3)O1)O2. The molecule has 9 fully saturated rings. The van der Waals surface area contributed by atoms with Crippen LogP contribution in [0.3, 0.4) is 0 Å². The zero-order chi connectivity index (χ0) is 22.0. The summed E-state index contributed by atoms with van der Waals surface area (Å²) in [5.74, 6) is -2.18. The lowest BCUT2D eigenvalue weighted by Crippen LogP contribution is -2.60. The van der Waals surface area contributed by atoms with Crippen LogP contribution in [0.4, 0.5) is 0 Å². The second kappa shape index (κ2) is 8.39. The molecule has 0 aromatic heterocycles. The maximum Gasteiger partial charge on any atom is 0.280 e. The van der Waals surface area contributed by atoms with Crippen molar-refractivity contribution in [3.05, 3.63) is 0 Å². The van der Waals surface area contributed by atoms with E-state index in [4.69, 9.17) is 42.6 Å². The Hall–Kier alpha value is -0.360. The first-order valence-corrected chi connectivity index (χ1v) is 11.4. The van der Waals surface area contributed by atoms with Crippen LogP contribution in [0.2, 0.25) is 0 Å². The molecule has 0 spiro atoms. The molecule has 0 amide bonds. The van der Waals surface area contributed by atoms with Crippen molar-refractivity contribution in [2.45, 2.75) is 110 Å². The second-order valence-corrected chi connectivity index (χ2v) is 10.6. The first-order valence-electron chi connectivity index (χ1n) is 11.4. The molecule has 9 nitrogen and oxygen atoms in total. The van der Waals surface area contributed by atoms with Crippen LogP contribution in [0.5, 0.6) is 0 Å². The van der Waals surface area contributed by atoms with Crippen LogP contribution in [-0.2, 0) is 42.6 Å². The van der Waals surface area contributed by atoms with Gasteiger partial charge in [0.05, 0.1) is 56.9 Å². The van der Waals surface area contributed by atoms with Crippen molar-refractivity contribution >= 4 is 0 Å². The van der Waals surface area contributed by atoms with Gasteiger partial charge in [0, 0.05) is 51.9 Å². The van der Waals surface area contributed by atoms with E-state index < -0.39 is 17.9 Å². The topological polar surface area (TPSA) is 83.1 Å². The van der Waals surface area contributed by atoms with Crippen molar-refractivity contribution in [1.82, 2.24) is 0 Å². The molecule has 0 aromatic rings. The predicted molar refractivity (Wildman–Crippen MR) is 112 cm³/mol. The Balaban J connectivity index is 0.000000113. The standard InChI is InChI=1S/C8H12O3.2C7H12O3.CH4/c1-8-9-5-2-6(10-8)4-7(3-5)11-8;1-6-3-8-7(2,9-4-6)10-5-6;1-6-3-4-8-7(2,10-6)9-5-6;/h5-7H,2-4H2,1H3;2*3-5H2,1-2H3;1H4. The lowest BCUT2D eigenvalue weighted by Gasteiger charge is -2.53. The largest absolute Gasteiger partial charge is 0.328 e. The summed E-state index contributed by atoms with van der Waals surface area (Å²) in [5.41, 5.74) is 0.00472.